The highest BCUT2D eigenvalue weighted by molar-refractivity contribution is 6.03. The third kappa shape index (κ3) is 8.91. The molecule has 0 bridgehead atoms. The average molecular weight is 615 g/mol. The predicted octanol–water partition coefficient (Wildman–Crippen LogP) is 5.52. The molecule has 0 radical (unpaired) electrons. The summed E-state index contributed by atoms with van der Waals surface area (Å²) in [5.74, 6) is -3.38. The summed E-state index contributed by atoms with van der Waals surface area (Å²) in [5, 5.41) is 10.0. The molecule has 1 aromatic carbocycles. The van der Waals surface area contributed by atoms with Gasteiger partial charge in [-0.25, -0.2) is 9.78 Å². The van der Waals surface area contributed by atoms with Crippen LogP contribution in [0, 0.1) is 0 Å². The molecule has 0 unspecified atom stereocenters. The Labute approximate surface area is 252 Å². The van der Waals surface area contributed by atoms with Gasteiger partial charge in [-0.1, -0.05) is 32.6 Å². The molecule has 0 saturated heterocycles. The largest absolute Gasteiger partial charge is 0.491 e. The Morgan fingerprint density at radius 1 is 1.16 bits per heavy atom. The van der Waals surface area contributed by atoms with Crippen LogP contribution in [0.4, 0.5) is 30.4 Å². The minimum absolute atomic E-state index is 0.174. The van der Waals surface area contributed by atoms with Crippen molar-refractivity contribution < 1.29 is 37.0 Å². The Hall–Kier alpha value is -4.69. The van der Waals surface area contributed by atoms with Gasteiger partial charge in [0.25, 0.3) is 5.91 Å². The number of nitrogens with zero attached hydrogens (tertiary/aromatic N) is 4. The molecule has 4 rings (SSSR count). The van der Waals surface area contributed by atoms with E-state index in [4.69, 9.17) is 9.47 Å². The Balaban J connectivity index is 1.50. The van der Waals surface area contributed by atoms with Gasteiger partial charge in [0.1, 0.15) is 17.3 Å². The number of hydrogen-bond acceptors (Lipinski definition) is 9. The molecule has 1 aliphatic heterocycles. The zero-order valence-corrected chi connectivity index (χ0v) is 24.3. The number of amides is 1. The van der Waals surface area contributed by atoms with Gasteiger partial charge in [0.15, 0.2) is 5.76 Å². The van der Waals surface area contributed by atoms with Crippen molar-refractivity contribution in [1.82, 2.24) is 19.7 Å². The lowest BCUT2D eigenvalue weighted by molar-refractivity contribution is -0.195. The molecular weight excluding hydrogens is 581 g/mol. The minimum Gasteiger partial charge on any atom is -0.456 e. The fourth-order valence-corrected chi connectivity index (χ4v) is 4.27. The van der Waals surface area contributed by atoms with E-state index >= 15 is 0 Å². The quantitative estimate of drug-likeness (QED) is 0.146. The van der Waals surface area contributed by atoms with E-state index in [-0.39, 0.29) is 5.69 Å². The second-order valence-corrected chi connectivity index (χ2v) is 9.66. The van der Waals surface area contributed by atoms with Gasteiger partial charge in [0.05, 0.1) is 31.6 Å². The first kappa shape index (κ1) is 32.2. The first-order valence-corrected chi connectivity index (χ1v) is 13.9. The molecular formula is C30H33F3N6O5. The summed E-state index contributed by atoms with van der Waals surface area (Å²) in [4.78, 5) is 30.2. The smallest absolute Gasteiger partial charge is 0.456 e. The Bertz CT molecular complexity index is 1520. The normalized spacial score (nSPS) is 13.3. The molecule has 44 heavy (non-hydrogen) atoms. The van der Waals surface area contributed by atoms with Crippen molar-refractivity contribution in [1.29, 1.82) is 0 Å². The zero-order valence-electron chi connectivity index (χ0n) is 24.3. The van der Waals surface area contributed by atoms with Crippen molar-refractivity contribution in [3.8, 4) is 11.5 Å². The first-order chi connectivity index (χ1) is 21.0. The van der Waals surface area contributed by atoms with Crippen LogP contribution in [0.3, 0.4) is 0 Å². The fourth-order valence-electron chi connectivity index (χ4n) is 4.27. The first-order valence-electron chi connectivity index (χ1n) is 13.9. The van der Waals surface area contributed by atoms with Crippen molar-refractivity contribution in [3.05, 3.63) is 72.9 Å². The molecule has 3 aromatic rings. The maximum atomic E-state index is 12.5. The third-order valence-corrected chi connectivity index (χ3v) is 6.64. The van der Waals surface area contributed by atoms with Crippen LogP contribution in [0.5, 0.6) is 11.5 Å². The predicted molar refractivity (Wildman–Crippen MR) is 157 cm³/mol. The molecule has 2 aromatic heterocycles. The lowest BCUT2D eigenvalue weighted by Gasteiger charge is -2.18. The monoisotopic (exact) mass is 614 g/mol. The number of halogens is 3. The van der Waals surface area contributed by atoms with E-state index in [0.29, 0.717) is 37.0 Å². The number of ether oxygens (including phenoxy) is 3. The lowest BCUT2D eigenvalue weighted by Crippen LogP contribution is -2.28. The van der Waals surface area contributed by atoms with Gasteiger partial charge in [0, 0.05) is 42.3 Å². The molecule has 11 nitrogen and oxygen atoms in total. The van der Waals surface area contributed by atoms with Crippen LogP contribution < -0.4 is 15.4 Å². The number of anilines is 3. The summed E-state index contributed by atoms with van der Waals surface area (Å²) in [6.45, 7) is 11.9. The molecule has 0 aliphatic carbocycles. The minimum atomic E-state index is -5.27. The van der Waals surface area contributed by atoms with E-state index in [9.17, 15) is 22.8 Å². The maximum Gasteiger partial charge on any atom is 0.491 e. The van der Waals surface area contributed by atoms with E-state index in [1.165, 1.54) is 12.1 Å². The summed E-state index contributed by atoms with van der Waals surface area (Å²) >= 11 is 0. The number of nitrogens with one attached hydrogen (secondary N) is 2. The van der Waals surface area contributed by atoms with Gasteiger partial charge in [-0.3, -0.25) is 9.48 Å². The van der Waals surface area contributed by atoms with Crippen molar-refractivity contribution in [3.63, 3.8) is 0 Å². The topological polar surface area (TPSA) is 120 Å². The second-order valence-electron chi connectivity index (χ2n) is 9.66. The maximum absolute atomic E-state index is 12.5. The Kier molecular flexibility index (Phi) is 10.7. The highest BCUT2D eigenvalue weighted by Crippen LogP contribution is 2.35. The Morgan fingerprint density at radius 3 is 2.66 bits per heavy atom. The summed E-state index contributed by atoms with van der Waals surface area (Å²) in [6, 6.07) is 7.91. The number of alkyl halides is 3. The number of esters is 1. The molecule has 0 spiro atoms. The number of hydrogen-bond donors (Lipinski definition) is 2. The molecule has 1 amide bonds. The fraction of sp³-hybridized carbons (Fsp3) is 0.333. The van der Waals surface area contributed by atoms with Crippen LogP contribution in [0.15, 0.2) is 67.3 Å². The van der Waals surface area contributed by atoms with Crippen molar-refractivity contribution >= 4 is 34.6 Å². The SMILES string of the molecule is C=C(OC(=O)C(F)(F)F)C(=O)Nc1cccc(Oc2cc(Nc3cnn(CCN(CC)CC)c3)ncc2C2=CCOCC2)c1. The summed E-state index contributed by atoms with van der Waals surface area (Å²) in [5.41, 5.74) is 2.66. The van der Waals surface area contributed by atoms with Crippen molar-refractivity contribution in [2.45, 2.75) is 33.0 Å². The van der Waals surface area contributed by atoms with Crippen LogP contribution >= 0.6 is 0 Å². The Morgan fingerprint density at radius 2 is 1.95 bits per heavy atom. The van der Waals surface area contributed by atoms with Gasteiger partial charge in [-0.2, -0.15) is 18.3 Å². The summed E-state index contributed by atoms with van der Waals surface area (Å²) in [7, 11) is 0. The number of carbonyl (C=O) groups is 2. The van der Waals surface area contributed by atoms with Crippen LogP contribution in [0.25, 0.3) is 5.57 Å². The van der Waals surface area contributed by atoms with Crippen molar-refractivity contribution in [2.75, 3.05) is 43.5 Å². The van der Waals surface area contributed by atoms with Gasteiger partial charge >= 0.3 is 12.1 Å². The van der Waals surface area contributed by atoms with Gasteiger partial charge in [-0.15, -0.1) is 0 Å². The van der Waals surface area contributed by atoms with Crippen LogP contribution in [-0.4, -0.2) is 70.6 Å². The van der Waals surface area contributed by atoms with Gasteiger partial charge in [0.2, 0.25) is 0 Å². The number of aromatic nitrogens is 3. The molecule has 3 heterocycles. The number of rotatable bonds is 13. The molecule has 234 valence electrons. The highest BCUT2D eigenvalue weighted by Gasteiger charge is 2.42. The molecule has 1 aliphatic rings. The lowest BCUT2D eigenvalue weighted by atomic mass is 10.0. The molecule has 0 fully saturated rings. The van der Waals surface area contributed by atoms with Crippen LogP contribution in [0.1, 0.15) is 25.8 Å². The standard InChI is InChI=1S/C30H33F3N6O5/c1-4-38(5-2)11-12-39-19-23(17-35-39)36-27-16-26(25(18-34-27)21-9-13-42-14-10-21)44-24-8-6-7-22(15-24)37-28(40)20(3)43-29(41)30(31,32)33/h6-9,15-19H,3-5,10-14H2,1-2H3,(H,34,36)(H,37,40). The van der Waals surface area contributed by atoms with E-state index in [2.05, 4.69) is 50.8 Å². The highest BCUT2D eigenvalue weighted by atomic mass is 19.4. The molecule has 0 atom stereocenters. The van der Waals surface area contributed by atoms with E-state index < -0.39 is 23.8 Å². The molecule has 14 heteroatoms. The number of pyridine rings is 1. The summed E-state index contributed by atoms with van der Waals surface area (Å²) in [6.07, 6.45) is 2.64. The third-order valence-electron chi connectivity index (χ3n) is 6.64. The number of benzene rings is 1. The van der Waals surface area contributed by atoms with Crippen LogP contribution in [-0.2, 0) is 25.6 Å². The molecule has 0 saturated carbocycles. The van der Waals surface area contributed by atoms with E-state index in [1.54, 1.807) is 30.6 Å². The van der Waals surface area contributed by atoms with Crippen LogP contribution in [0.2, 0.25) is 0 Å². The number of carbonyl (C=O) groups excluding carboxylic acids is 2. The molecule has 2 N–H and O–H groups in total. The van der Waals surface area contributed by atoms with Gasteiger partial charge in [-0.05, 0) is 37.2 Å². The second kappa shape index (κ2) is 14.7. The zero-order chi connectivity index (χ0) is 31.7. The van der Waals surface area contributed by atoms with Crippen molar-refractivity contribution in [2.24, 2.45) is 0 Å². The van der Waals surface area contributed by atoms with E-state index in [1.807, 2.05) is 17.0 Å². The van der Waals surface area contributed by atoms with E-state index in [0.717, 1.165) is 43.0 Å². The average Bonchev–Trinajstić information content (AvgIpc) is 3.45. The van der Waals surface area contributed by atoms with Gasteiger partial charge < -0.3 is 29.7 Å². The number of likely N-dealkylation sites (N-methyl/N-ethyl adjacent to an activating group) is 1. The summed E-state index contributed by atoms with van der Waals surface area (Å²) < 4.78 is 55.0.